The number of ether oxygens (including phenoxy) is 2. The van der Waals surface area contributed by atoms with Gasteiger partial charge in [0.15, 0.2) is 0 Å². The first kappa shape index (κ1) is 23.6. The molecule has 1 aromatic heterocycles. The first-order valence-corrected chi connectivity index (χ1v) is 12.6. The third-order valence-electron chi connectivity index (χ3n) is 5.20. The SMILES string of the molecule is CCOc1ccc(-c2nc(S(=O)(=O)c3ccc(Cl)cc3)c(NCCN3CCOCC3)o2)cc1. The Balaban J connectivity index is 1.62. The molecule has 1 aliphatic heterocycles. The number of hydrogen-bond donors (Lipinski definition) is 1. The Kier molecular flexibility index (Phi) is 7.54. The number of hydrogen-bond acceptors (Lipinski definition) is 8. The van der Waals surface area contributed by atoms with E-state index in [9.17, 15) is 8.42 Å². The summed E-state index contributed by atoms with van der Waals surface area (Å²) in [6.45, 7) is 6.76. The number of morpholine rings is 1. The summed E-state index contributed by atoms with van der Waals surface area (Å²) in [5.41, 5.74) is 0.646. The lowest BCUT2D eigenvalue weighted by molar-refractivity contribution is 0.0398. The zero-order chi connectivity index (χ0) is 23.3. The fourth-order valence-corrected chi connectivity index (χ4v) is 4.87. The summed E-state index contributed by atoms with van der Waals surface area (Å²) in [5.74, 6) is 1.03. The number of halogens is 1. The van der Waals surface area contributed by atoms with Gasteiger partial charge in [-0.25, -0.2) is 8.42 Å². The van der Waals surface area contributed by atoms with Crippen molar-refractivity contribution in [3.8, 4) is 17.2 Å². The number of oxazole rings is 1. The topological polar surface area (TPSA) is 93.9 Å². The van der Waals surface area contributed by atoms with Crippen molar-refractivity contribution in [2.24, 2.45) is 0 Å². The lowest BCUT2D eigenvalue weighted by Gasteiger charge is -2.26. The molecule has 33 heavy (non-hydrogen) atoms. The molecule has 2 heterocycles. The number of benzene rings is 2. The van der Waals surface area contributed by atoms with E-state index >= 15 is 0 Å². The molecule has 0 saturated carbocycles. The summed E-state index contributed by atoms with van der Waals surface area (Å²) < 4.78 is 43.5. The molecular formula is C23H26ClN3O5S. The molecule has 1 aliphatic rings. The van der Waals surface area contributed by atoms with E-state index in [2.05, 4.69) is 15.2 Å². The van der Waals surface area contributed by atoms with E-state index in [-0.39, 0.29) is 21.7 Å². The van der Waals surface area contributed by atoms with Crippen LogP contribution in [0.2, 0.25) is 5.02 Å². The molecule has 1 saturated heterocycles. The molecule has 3 aromatic rings. The summed E-state index contributed by atoms with van der Waals surface area (Å²) in [4.78, 5) is 6.70. The molecule has 0 atom stereocenters. The van der Waals surface area contributed by atoms with Gasteiger partial charge >= 0.3 is 0 Å². The molecular weight excluding hydrogens is 466 g/mol. The zero-order valence-electron chi connectivity index (χ0n) is 18.3. The van der Waals surface area contributed by atoms with Crippen LogP contribution in [0.15, 0.2) is 62.9 Å². The minimum absolute atomic E-state index is 0.0923. The molecule has 8 nitrogen and oxygen atoms in total. The zero-order valence-corrected chi connectivity index (χ0v) is 19.9. The normalized spacial score (nSPS) is 14.8. The van der Waals surface area contributed by atoms with Crippen LogP contribution in [0.1, 0.15) is 6.92 Å². The van der Waals surface area contributed by atoms with E-state index in [0.717, 1.165) is 19.6 Å². The van der Waals surface area contributed by atoms with Crippen LogP contribution < -0.4 is 10.1 Å². The van der Waals surface area contributed by atoms with Gasteiger partial charge in [0.1, 0.15) is 5.75 Å². The van der Waals surface area contributed by atoms with E-state index < -0.39 is 9.84 Å². The Morgan fingerprint density at radius 3 is 2.45 bits per heavy atom. The van der Waals surface area contributed by atoms with Crippen molar-refractivity contribution in [3.05, 3.63) is 53.6 Å². The predicted molar refractivity (Wildman–Crippen MR) is 126 cm³/mol. The highest BCUT2D eigenvalue weighted by molar-refractivity contribution is 7.91. The maximum absolute atomic E-state index is 13.4. The molecule has 0 bridgehead atoms. The number of aromatic nitrogens is 1. The van der Waals surface area contributed by atoms with Crippen molar-refractivity contribution < 1.29 is 22.3 Å². The molecule has 10 heteroatoms. The maximum atomic E-state index is 13.4. The van der Waals surface area contributed by atoms with Crippen molar-refractivity contribution in [1.82, 2.24) is 9.88 Å². The fourth-order valence-electron chi connectivity index (χ4n) is 3.46. The van der Waals surface area contributed by atoms with Crippen molar-refractivity contribution in [2.45, 2.75) is 16.8 Å². The van der Waals surface area contributed by atoms with Crippen LogP contribution in [0.4, 0.5) is 5.88 Å². The number of rotatable bonds is 9. The van der Waals surface area contributed by atoms with Gasteiger partial charge in [-0.2, -0.15) is 4.98 Å². The van der Waals surface area contributed by atoms with E-state index in [1.807, 2.05) is 6.92 Å². The molecule has 1 N–H and O–H groups in total. The predicted octanol–water partition coefficient (Wildman–Crippen LogP) is 3.97. The lowest BCUT2D eigenvalue weighted by Crippen LogP contribution is -2.39. The lowest BCUT2D eigenvalue weighted by atomic mass is 10.2. The Bertz CT molecular complexity index is 1160. The smallest absolute Gasteiger partial charge is 0.233 e. The highest BCUT2D eigenvalue weighted by atomic mass is 35.5. The molecule has 2 aromatic carbocycles. The Hall–Kier alpha value is -2.59. The Morgan fingerprint density at radius 1 is 1.09 bits per heavy atom. The fraction of sp³-hybridized carbons (Fsp3) is 0.348. The quantitative estimate of drug-likeness (QED) is 0.480. The van der Waals surface area contributed by atoms with Gasteiger partial charge in [0.25, 0.3) is 0 Å². The Labute approximate surface area is 198 Å². The highest BCUT2D eigenvalue weighted by Gasteiger charge is 2.28. The molecule has 0 spiro atoms. The maximum Gasteiger partial charge on any atom is 0.233 e. The van der Waals surface area contributed by atoms with Gasteiger partial charge in [0, 0.05) is 36.8 Å². The number of sulfone groups is 1. The molecule has 0 radical (unpaired) electrons. The third kappa shape index (κ3) is 5.67. The average molecular weight is 492 g/mol. The van der Waals surface area contributed by atoms with Gasteiger partial charge in [0.05, 0.1) is 24.7 Å². The third-order valence-corrected chi connectivity index (χ3v) is 7.13. The Morgan fingerprint density at radius 2 is 1.79 bits per heavy atom. The summed E-state index contributed by atoms with van der Waals surface area (Å²) in [7, 11) is -3.93. The summed E-state index contributed by atoms with van der Waals surface area (Å²) in [6, 6.07) is 13.1. The number of anilines is 1. The van der Waals surface area contributed by atoms with Crippen molar-refractivity contribution in [1.29, 1.82) is 0 Å². The van der Waals surface area contributed by atoms with Crippen LogP contribution in [0, 0.1) is 0 Å². The van der Waals surface area contributed by atoms with Gasteiger partial charge in [-0.15, -0.1) is 0 Å². The second-order valence-electron chi connectivity index (χ2n) is 7.45. The van der Waals surface area contributed by atoms with E-state index in [1.165, 1.54) is 24.3 Å². The molecule has 0 aliphatic carbocycles. The minimum Gasteiger partial charge on any atom is -0.494 e. The van der Waals surface area contributed by atoms with Crippen molar-refractivity contribution in [2.75, 3.05) is 51.3 Å². The van der Waals surface area contributed by atoms with Crippen LogP contribution in [0.3, 0.4) is 0 Å². The first-order chi connectivity index (χ1) is 16.0. The molecule has 176 valence electrons. The van der Waals surface area contributed by atoms with Gasteiger partial charge in [0.2, 0.25) is 26.6 Å². The van der Waals surface area contributed by atoms with Gasteiger partial charge in [-0.05, 0) is 55.5 Å². The van der Waals surface area contributed by atoms with Crippen LogP contribution in [-0.4, -0.2) is 64.3 Å². The van der Waals surface area contributed by atoms with Gasteiger partial charge in [-0.3, -0.25) is 4.90 Å². The molecule has 1 fully saturated rings. The minimum atomic E-state index is -3.93. The van der Waals surface area contributed by atoms with Gasteiger partial charge in [-0.1, -0.05) is 11.6 Å². The van der Waals surface area contributed by atoms with Crippen molar-refractivity contribution in [3.63, 3.8) is 0 Å². The highest BCUT2D eigenvalue weighted by Crippen LogP contribution is 2.33. The van der Waals surface area contributed by atoms with Crippen LogP contribution in [0.25, 0.3) is 11.5 Å². The monoisotopic (exact) mass is 491 g/mol. The van der Waals surface area contributed by atoms with Crippen LogP contribution in [0.5, 0.6) is 5.75 Å². The van der Waals surface area contributed by atoms with Gasteiger partial charge < -0.3 is 19.2 Å². The standard InChI is InChI=1S/C23H26ClN3O5S/c1-2-31-19-7-3-17(4-8-19)21-26-23(33(28,29)20-9-5-18(24)6-10-20)22(32-21)25-11-12-27-13-15-30-16-14-27/h3-10,25H,2,11-16H2,1H3. The van der Waals surface area contributed by atoms with Crippen LogP contribution >= 0.6 is 11.6 Å². The molecule has 0 unspecified atom stereocenters. The van der Waals surface area contributed by atoms with E-state index in [4.69, 9.17) is 25.5 Å². The first-order valence-electron chi connectivity index (χ1n) is 10.8. The second kappa shape index (κ2) is 10.6. The van der Waals surface area contributed by atoms with Crippen LogP contribution in [-0.2, 0) is 14.6 Å². The number of nitrogens with zero attached hydrogens (tertiary/aromatic N) is 2. The van der Waals surface area contributed by atoms with Crippen molar-refractivity contribution >= 4 is 27.3 Å². The summed E-state index contributed by atoms with van der Waals surface area (Å²) >= 11 is 5.94. The average Bonchev–Trinajstić information content (AvgIpc) is 3.26. The van der Waals surface area contributed by atoms with E-state index in [0.29, 0.717) is 42.7 Å². The molecule has 0 amide bonds. The van der Waals surface area contributed by atoms with E-state index in [1.54, 1.807) is 24.3 Å². The largest absolute Gasteiger partial charge is 0.494 e. The number of nitrogens with one attached hydrogen (secondary N) is 1. The summed E-state index contributed by atoms with van der Waals surface area (Å²) in [6.07, 6.45) is 0. The second-order valence-corrected chi connectivity index (χ2v) is 9.75. The summed E-state index contributed by atoms with van der Waals surface area (Å²) in [5, 5.41) is 3.42. The molecule has 4 rings (SSSR count).